The molecule has 1 heterocycles. The van der Waals surface area contributed by atoms with E-state index in [1.54, 1.807) is 29.1 Å². The van der Waals surface area contributed by atoms with E-state index in [2.05, 4.69) is 0 Å². The quantitative estimate of drug-likeness (QED) is 0.535. The molecule has 14 heavy (non-hydrogen) atoms. The molecule has 1 aromatic rings. The van der Waals surface area contributed by atoms with Gasteiger partial charge in [-0.05, 0) is 12.1 Å². The van der Waals surface area contributed by atoms with Crippen molar-refractivity contribution in [2.24, 2.45) is 5.73 Å². The van der Waals surface area contributed by atoms with Crippen LogP contribution < -0.4 is 10.3 Å². The number of amides is 1. The Kier molecular flexibility index (Phi) is 3.39. The fraction of sp³-hybridized carbons (Fsp3) is 0.100. The van der Waals surface area contributed by atoms with Gasteiger partial charge < -0.3 is 5.73 Å². The highest BCUT2D eigenvalue weighted by Gasteiger charge is 2.04. The largest absolute Gasteiger partial charge is 0.364 e. The smallest absolute Gasteiger partial charge is 0.283 e. The van der Waals surface area contributed by atoms with Gasteiger partial charge in [-0.1, -0.05) is 0 Å². The Balaban J connectivity index is 2.85. The van der Waals surface area contributed by atoms with Gasteiger partial charge in [0.1, 0.15) is 0 Å². The molecule has 0 saturated carbocycles. The van der Waals surface area contributed by atoms with Gasteiger partial charge in [-0.2, -0.15) is 9.83 Å². The molecule has 1 aromatic heterocycles. The Morgan fingerprint density at radius 1 is 1.71 bits per heavy atom. The predicted octanol–water partition coefficient (Wildman–Crippen LogP) is -0.00382. The summed E-state index contributed by atoms with van der Waals surface area (Å²) in [4.78, 5) is 10.6. The molecule has 70 valence electrons. The summed E-state index contributed by atoms with van der Waals surface area (Å²) in [5.41, 5.74) is 5.90. The molecule has 0 unspecified atom stereocenters. The molecule has 0 spiro atoms. The van der Waals surface area contributed by atoms with Crippen molar-refractivity contribution in [1.29, 1.82) is 5.26 Å². The first-order chi connectivity index (χ1) is 6.72. The molecule has 0 atom stereocenters. The van der Waals surface area contributed by atoms with Crippen molar-refractivity contribution in [3.63, 3.8) is 0 Å². The van der Waals surface area contributed by atoms with Crippen LogP contribution in [0, 0.1) is 11.3 Å². The maximum Gasteiger partial charge on any atom is 0.283 e. The number of hydrogen-bond acceptors (Lipinski definition) is 2. The van der Waals surface area contributed by atoms with E-state index in [0.717, 1.165) is 5.56 Å². The monoisotopic (exact) mass is 188 g/mol. The van der Waals surface area contributed by atoms with Crippen molar-refractivity contribution in [3.8, 4) is 6.07 Å². The van der Waals surface area contributed by atoms with Crippen molar-refractivity contribution >= 4 is 12.0 Å². The average molecular weight is 188 g/mol. The van der Waals surface area contributed by atoms with E-state index in [9.17, 15) is 4.79 Å². The summed E-state index contributed by atoms with van der Waals surface area (Å²) in [6.45, 7) is 0.147. The molecule has 4 heteroatoms. The molecule has 0 radical (unpaired) electrons. The highest BCUT2D eigenvalue weighted by molar-refractivity contribution is 5.72. The predicted molar refractivity (Wildman–Crippen MR) is 50.5 cm³/mol. The van der Waals surface area contributed by atoms with Gasteiger partial charge in [0, 0.05) is 17.7 Å². The SMILES string of the molecule is N#CC=Cc1ccc[n+](CC(N)=O)c1. The van der Waals surface area contributed by atoms with Crippen LogP contribution >= 0.6 is 0 Å². The first-order valence-corrected chi connectivity index (χ1v) is 4.06. The first kappa shape index (κ1) is 9.93. The summed E-state index contributed by atoms with van der Waals surface area (Å²) in [6, 6.07) is 5.53. The van der Waals surface area contributed by atoms with Gasteiger partial charge in [0.2, 0.25) is 6.54 Å². The number of pyridine rings is 1. The molecule has 0 aliphatic carbocycles. The van der Waals surface area contributed by atoms with Gasteiger partial charge in [-0.15, -0.1) is 0 Å². The Labute approximate surface area is 81.9 Å². The second-order valence-electron chi connectivity index (χ2n) is 2.74. The van der Waals surface area contributed by atoms with Crippen LogP contribution in [-0.2, 0) is 11.3 Å². The summed E-state index contributed by atoms with van der Waals surface area (Å²) in [6.07, 6.45) is 6.54. The van der Waals surface area contributed by atoms with Crippen molar-refractivity contribution in [1.82, 2.24) is 0 Å². The first-order valence-electron chi connectivity index (χ1n) is 4.06. The zero-order chi connectivity index (χ0) is 10.4. The summed E-state index contributed by atoms with van der Waals surface area (Å²) in [7, 11) is 0. The van der Waals surface area contributed by atoms with E-state index in [-0.39, 0.29) is 6.54 Å². The van der Waals surface area contributed by atoms with Crippen LogP contribution in [0.1, 0.15) is 5.56 Å². The third-order valence-corrected chi connectivity index (χ3v) is 1.57. The fourth-order valence-electron chi connectivity index (χ4n) is 1.05. The number of rotatable bonds is 3. The summed E-state index contributed by atoms with van der Waals surface area (Å²) < 4.78 is 1.67. The molecule has 0 aliphatic rings. The van der Waals surface area contributed by atoms with E-state index in [0.29, 0.717) is 0 Å². The Hall–Kier alpha value is -2.15. The van der Waals surface area contributed by atoms with Crippen molar-refractivity contribution < 1.29 is 9.36 Å². The van der Waals surface area contributed by atoms with Crippen LogP contribution in [-0.4, -0.2) is 5.91 Å². The van der Waals surface area contributed by atoms with Crippen LogP contribution in [0.3, 0.4) is 0 Å². The van der Waals surface area contributed by atoms with Gasteiger partial charge in [-0.3, -0.25) is 4.79 Å². The van der Waals surface area contributed by atoms with Gasteiger partial charge in [-0.25, -0.2) is 0 Å². The number of aromatic nitrogens is 1. The number of primary amides is 1. The number of carbonyl (C=O) groups is 1. The third-order valence-electron chi connectivity index (χ3n) is 1.57. The molecule has 1 rings (SSSR count). The second kappa shape index (κ2) is 4.77. The average Bonchev–Trinajstić information content (AvgIpc) is 2.14. The highest BCUT2D eigenvalue weighted by Crippen LogP contribution is 1.96. The Bertz CT molecular complexity index is 404. The van der Waals surface area contributed by atoms with Gasteiger partial charge >= 0.3 is 0 Å². The van der Waals surface area contributed by atoms with Crippen molar-refractivity contribution in [3.05, 3.63) is 36.2 Å². The minimum atomic E-state index is -0.392. The number of carbonyl (C=O) groups excluding carboxylic acids is 1. The molecule has 4 nitrogen and oxygen atoms in total. The zero-order valence-corrected chi connectivity index (χ0v) is 7.55. The lowest BCUT2D eigenvalue weighted by atomic mass is 10.2. The number of allylic oxidation sites excluding steroid dienone is 1. The highest BCUT2D eigenvalue weighted by atomic mass is 16.1. The van der Waals surface area contributed by atoms with Crippen molar-refractivity contribution in [2.45, 2.75) is 6.54 Å². The van der Waals surface area contributed by atoms with E-state index < -0.39 is 5.91 Å². The molecule has 1 amide bonds. The maximum absolute atomic E-state index is 10.6. The number of hydrogen-bond donors (Lipinski definition) is 1. The molecular formula is C10H10N3O+. The Morgan fingerprint density at radius 3 is 3.14 bits per heavy atom. The number of nitrogens with two attached hydrogens (primary N) is 1. The molecule has 0 saturated heterocycles. The van der Waals surface area contributed by atoms with Crippen LogP contribution in [0.25, 0.3) is 6.08 Å². The van der Waals surface area contributed by atoms with Crippen LogP contribution in [0.2, 0.25) is 0 Å². The lowest BCUT2D eigenvalue weighted by Crippen LogP contribution is -2.40. The summed E-state index contributed by atoms with van der Waals surface area (Å²) in [5, 5.41) is 8.32. The van der Waals surface area contributed by atoms with E-state index >= 15 is 0 Å². The molecule has 0 aromatic carbocycles. The van der Waals surface area contributed by atoms with Gasteiger partial charge in [0.15, 0.2) is 12.4 Å². The molecule has 0 fully saturated rings. The standard InChI is InChI=1S/C10H9N3O/c11-5-1-3-9-4-2-6-13(7-9)8-10(12)14/h1-4,6-7H,8H2,(H-,12,14)/p+1. The van der Waals surface area contributed by atoms with Crippen LogP contribution in [0.4, 0.5) is 0 Å². The van der Waals surface area contributed by atoms with Crippen LogP contribution in [0.15, 0.2) is 30.6 Å². The zero-order valence-electron chi connectivity index (χ0n) is 7.55. The second-order valence-corrected chi connectivity index (χ2v) is 2.74. The third kappa shape index (κ3) is 3.07. The van der Waals surface area contributed by atoms with E-state index in [1.807, 2.05) is 12.1 Å². The van der Waals surface area contributed by atoms with Crippen LogP contribution in [0.5, 0.6) is 0 Å². The van der Waals surface area contributed by atoms with E-state index in [1.165, 1.54) is 6.08 Å². The van der Waals surface area contributed by atoms with Gasteiger partial charge in [0.05, 0.1) is 6.07 Å². The summed E-state index contributed by atoms with van der Waals surface area (Å²) >= 11 is 0. The number of nitrogens with zero attached hydrogens (tertiary/aromatic N) is 2. The number of nitriles is 1. The minimum Gasteiger partial charge on any atom is -0.364 e. The summed E-state index contributed by atoms with van der Waals surface area (Å²) in [5.74, 6) is -0.392. The van der Waals surface area contributed by atoms with E-state index in [4.69, 9.17) is 11.0 Å². The topological polar surface area (TPSA) is 70.8 Å². The maximum atomic E-state index is 10.6. The Morgan fingerprint density at radius 2 is 2.50 bits per heavy atom. The fourth-order valence-corrected chi connectivity index (χ4v) is 1.05. The van der Waals surface area contributed by atoms with Gasteiger partial charge in [0.25, 0.3) is 5.91 Å². The molecule has 2 N–H and O–H groups in total. The lowest BCUT2D eigenvalue weighted by Gasteiger charge is -1.93. The van der Waals surface area contributed by atoms with Crippen molar-refractivity contribution in [2.75, 3.05) is 0 Å². The molecule has 0 bridgehead atoms. The minimum absolute atomic E-state index is 0.147. The normalized spacial score (nSPS) is 9.93. The molecular weight excluding hydrogens is 178 g/mol. The molecule has 0 aliphatic heterocycles. The lowest BCUT2D eigenvalue weighted by molar-refractivity contribution is -0.684.